The topological polar surface area (TPSA) is 58.6 Å². The monoisotopic (exact) mass is 452 g/mol. The Kier molecular flexibility index (Phi) is 7.48. The van der Waals surface area contributed by atoms with Crippen LogP contribution in [0.25, 0.3) is 0 Å². The number of carbonyl (C=O) groups excluding carboxylic acids is 2. The molecule has 9 heteroatoms. The van der Waals surface area contributed by atoms with Crippen LogP contribution in [0.2, 0.25) is 0 Å². The summed E-state index contributed by atoms with van der Waals surface area (Å²) in [5.74, 6) is 0.316. The van der Waals surface area contributed by atoms with Crippen molar-refractivity contribution in [1.82, 2.24) is 10.2 Å². The van der Waals surface area contributed by atoms with Crippen LogP contribution < -0.4 is 10.1 Å². The maximum absolute atomic E-state index is 12.7. The van der Waals surface area contributed by atoms with Gasteiger partial charge in [0.05, 0.1) is 6.61 Å². The molecule has 2 aromatic rings. The minimum atomic E-state index is -4.36. The first-order chi connectivity index (χ1) is 14.7. The van der Waals surface area contributed by atoms with Crippen LogP contribution in [0, 0.1) is 0 Å². The highest BCUT2D eigenvalue weighted by Crippen LogP contribution is 2.36. The van der Waals surface area contributed by atoms with E-state index in [1.165, 1.54) is 24.3 Å². The number of ether oxygens (including phenoxy) is 1. The van der Waals surface area contributed by atoms with Crippen LogP contribution >= 0.6 is 11.8 Å². The zero-order chi connectivity index (χ0) is 22.4. The molecule has 1 heterocycles. The SMILES string of the molecule is CCOc1ccc(C(=O)N2CCC(NC(=O)c3ccc(SC(F)(F)F)cc3)CC2)cc1. The molecule has 0 atom stereocenters. The van der Waals surface area contributed by atoms with Crippen LogP contribution in [0.1, 0.15) is 40.5 Å². The fourth-order valence-electron chi connectivity index (χ4n) is 3.35. The predicted octanol–water partition coefficient (Wildman–Crippen LogP) is 4.73. The molecule has 1 aliphatic heterocycles. The lowest BCUT2D eigenvalue weighted by molar-refractivity contribution is -0.0328. The maximum atomic E-state index is 12.7. The zero-order valence-electron chi connectivity index (χ0n) is 16.9. The van der Waals surface area contributed by atoms with E-state index in [9.17, 15) is 22.8 Å². The van der Waals surface area contributed by atoms with Crippen molar-refractivity contribution in [2.75, 3.05) is 19.7 Å². The molecular weight excluding hydrogens is 429 g/mol. The Bertz CT molecular complexity index is 894. The van der Waals surface area contributed by atoms with Gasteiger partial charge in [-0.15, -0.1) is 0 Å². The molecule has 2 aromatic carbocycles. The summed E-state index contributed by atoms with van der Waals surface area (Å²) in [7, 11) is 0. The highest BCUT2D eigenvalue weighted by molar-refractivity contribution is 8.00. The van der Waals surface area contributed by atoms with E-state index in [0.29, 0.717) is 49.4 Å². The lowest BCUT2D eigenvalue weighted by Gasteiger charge is -2.32. The van der Waals surface area contributed by atoms with Gasteiger partial charge in [-0.3, -0.25) is 9.59 Å². The van der Waals surface area contributed by atoms with Gasteiger partial charge >= 0.3 is 5.51 Å². The Morgan fingerprint density at radius 2 is 1.61 bits per heavy atom. The Balaban J connectivity index is 1.49. The van der Waals surface area contributed by atoms with Crippen LogP contribution in [0.15, 0.2) is 53.4 Å². The van der Waals surface area contributed by atoms with Gasteiger partial charge in [0.1, 0.15) is 5.75 Å². The van der Waals surface area contributed by atoms with Gasteiger partial charge in [-0.2, -0.15) is 13.2 Å². The van der Waals surface area contributed by atoms with Gasteiger partial charge in [-0.25, -0.2) is 0 Å². The molecule has 0 aliphatic carbocycles. The minimum Gasteiger partial charge on any atom is -0.494 e. The van der Waals surface area contributed by atoms with E-state index in [0.717, 1.165) is 0 Å². The van der Waals surface area contributed by atoms with Crippen molar-refractivity contribution in [2.24, 2.45) is 0 Å². The molecule has 0 aromatic heterocycles. The predicted molar refractivity (Wildman–Crippen MR) is 112 cm³/mol. The Labute approximate surface area is 182 Å². The summed E-state index contributed by atoms with van der Waals surface area (Å²) in [6.07, 6.45) is 1.22. The second kappa shape index (κ2) is 10.1. The van der Waals surface area contributed by atoms with E-state index in [1.54, 1.807) is 29.2 Å². The number of amides is 2. The number of hydrogen-bond donors (Lipinski definition) is 1. The van der Waals surface area contributed by atoms with E-state index in [4.69, 9.17) is 4.74 Å². The van der Waals surface area contributed by atoms with Crippen LogP contribution in [0.4, 0.5) is 13.2 Å². The molecule has 0 saturated carbocycles. The molecule has 0 bridgehead atoms. The first-order valence-corrected chi connectivity index (χ1v) is 10.8. The first-order valence-electron chi connectivity index (χ1n) is 9.94. The number of likely N-dealkylation sites (tertiary alicyclic amines) is 1. The number of hydrogen-bond acceptors (Lipinski definition) is 4. The van der Waals surface area contributed by atoms with E-state index in [2.05, 4.69) is 5.32 Å². The standard InChI is InChI=1S/C22H23F3N2O3S/c1-2-30-18-7-3-16(4-8-18)21(29)27-13-11-17(12-14-27)26-20(28)15-5-9-19(10-6-15)31-22(23,24)25/h3-10,17H,2,11-14H2,1H3,(H,26,28). The van der Waals surface area contributed by atoms with Gasteiger partial charge in [0.25, 0.3) is 11.8 Å². The lowest BCUT2D eigenvalue weighted by atomic mass is 10.0. The van der Waals surface area contributed by atoms with Gasteiger partial charge in [-0.1, -0.05) is 0 Å². The van der Waals surface area contributed by atoms with Gasteiger partial charge in [0, 0.05) is 35.2 Å². The molecule has 0 spiro atoms. The van der Waals surface area contributed by atoms with Gasteiger partial charge in [0.15, 0.2) is 0 Å². The summed E-state index contributed by atoms with van der Waals surface area (Å²) in [6, 6.07) is 12.2. The summed E-state index contributed by atoms with van der Waals surface area (Å²) in [5, 5.41) is 2.90. The quantitative estimate of drug-likeness (QED) is 0.644. The second-order valence-electron chi connectivity index (χ2n) is 7.07. The maximum Gasteiger partial charge on any atom is 0.446 e. The highest BCUT2D eigenvalue weighted by Gasteiger charge is 2.29. The number of benzene rings is 2. The molecule has 31 heavy (non-hydrogen) atoms. The van der Waals surface area contributed by atoms with Crippen molar-refractivity contribution < 1.29 is 27.5 Å². The number of carbonyl (C=O) groups is 2. The third-order valence-electron chi connectivity index (χ3n) is 4.88. The summed E-state index contributed by atoms with van der Waals surface area (Å²) >= 11 is -0.215. The van der Waals surface area contributed by atoms with Crippen LogP contribution in [0.5, 0.6) is 5.75 Å². The average molecular weight is 452 g/mol. The third kappa shape index (κ3) is 6.65. The van der Waals surface area contributed by atoms with Crippen molar-refractivity contribution in [3.8, 4) is 5.75 Å². The third-order valence-corrected chi connectivity index (χ3v) is 5.62. The molecule has 3 rings (SSSR count). The number of rotatable bonds is 6. The summed E-state index contributed by atoms with van der Waals surface area (Å²) in [5.41, 5.74) is -3.47. The second-order valence-corrected chi connectivity index (χ2v) is 8.21. The van der Waals surface area contributed by atoms with Crippen molar-refractivity contribution >= 4 is 23.6 Å². The van der Waals surface area contributed by atoms with Crippen molar-refractivity contribution in [3.63, 3.8) is 0 Å². The average Bonchev–Trinajstić information content (AvgIpc) is 2.74. The molecular formula is C22H23F3N2O3S. The number of nitrogens with zero attached hydrogens (tertiary/aromatic N) is 1. The van der Waals surface area contributed by atoms with Gasteiger partial charge < -0.3 is 15.0 Å². The molecule has 1 aliphatic rings. The van der Waals surface area contributed by atoms with Gasteiger partial charge in [-0.05, 0) is 80.1 Å². The molecule has 1 fully saturated rings. The number of halogens is 3. The minimum absolute atomic E-state index is 0.0326. The van der Waals surface area contributed by atoms with Crippen molar-refractivity contribution in [1.29, 1.82) is 0 Å². The lowest BCUT2D eigenvalue weighted by Crippen LogP contribution is -2.46. The Morgan fingerprint density at radius 3 is 2.16 bits per heavy atom. The number of alkyl halides is 3. The first kappa shape index (κ1) is 23.0. The smallest absolute Gasteiger partial charge is 0.446 e. The fraction of sp³-hybridized carbons (Fsp3) is 0.364. The normalized spacial score (nSPS) is 14.9. The molecule has 1 N–H and O–H groups in total. The summed E-state index contributed by atoms with van der Waals surface area (Å²) < 4.78 is 42.6. The Morgan fingerprint density at radius 1 is 1.03 bits per heavy atom. The van der Waals surface area contributed by atoms with E-state index >= 15 is 0 Å². The van der Waals surface area contributed by atoms with Crippen molar-refractivity contribution in [3.05, 3.63) is 59.7 Å². The summed E-state index contributed by atoms with van der Waals surface area (Å²) in [6.45, 7) is 3.48. The van der Waals surface area contributed by atoms with Crippen LogP contribution in [-0.2, 0) is 0 Å². The molecule has 0 unspecified atom stereocenters. The number of thioether (sulfide) groups is 1. The summed E-state index contributed by atoms with van der Waals surface area (Å²) in [4.78, 5) is 26.8. The number of nitrogens with one attached hydrogen (secondary N) is 1. The van der Waals surface area contributed by atoms with Crippen molar-refractivity contribution in [2.45, 2.75) is 36.2 Å². The molecule has 0 radical (unpaired) electrons. The highest BCUT2D eigenvalue weighted by atomic mass is 32.2. The van der Waals surface area contributed by atoms with Gasteiger partial charge in [0.2, 0.25) is 0 Å². The number of piperidine rings is 1. The van der Waals surface area contributed by atoms with Crippen LogP contribution in [0.3, 0.4) is 0 Å². The van der Waals surface area contributed by atoms with E-state index in [-0.39, 0.29) is 34.5 Å². The largest absolute Gasteiger partial charge is 0.494 e. The van der Waals surface area contributed by atoms with Crippen LogP contribution in [-0.4, -0.2) is 48.0 Å². The zero-order valence-corrected chi connectivity index (χ0v) is 17.8. The molecule has 166 valence electrons. The molecule has 5 nitrogen and oxygen atoms in total. The van der Waals surface area contributed by atoms with E-state index in [1.807, 2.05) is 6.92 Å². The Hall–Kier alpha value is -2.68. The molecule has 2 amide bonds. The fourth-order valence-corrected chi connectivity index (χ4v) is 3.89. The van der Waals surface area contributed by atoms with E-state index < -0.39 is 5.51 Å². The molecule has 1 saturated heterocycles.